The van der Waals surface area contributed by atoms with Crippen LogP contribution < -0.4 is 0 Å². The normalized spacial score (nSPS) is 20.7. The van der Waals surface area contributed by atoms with Crippen LogP contribution in [0.5, 0.6) is 0 Å². The number of carbonyl (C=O) groups excluding carboxylic acids is 1. The highest BCUT2D eigenvalue weighted by atomic mass is 79.9. The number of halogens is 1. The van der Waals surface area contributed by atoms with Crippen LogP contribution in [-0.2, 0) is 9.53 Å². The Morgan fingerprint density at radius 1 is 1.77 bits per heavy atom. The number of hydrogen-bond acceptors (Lipinski definition) is 3. The van der Waals surface area contributed by atoms with Gasteiger partial charge in [-0.1, -0.05) is 22.0 Å². The Balaban J connectivity index is 2.53. The van der Waals surface area contributed by atoms with E-state index in [4.69, 9.17) is 0 Å². The maximum Gasteiger partial charge on any atom is 0.322 e. The lowest BCUT2D eigenvalue weighted by molar-refractivity contribution is -0.146. The third-order valence-electron chi connectivity index (χ3n) is 2.23. The molecule has 1 atom stereocenters. The average molecular weight is 248 g/mol. The van der Waals surface area contributed by atoms with Crippen molar-refractivity contribution in [2.45, 2.75) is 19.4 Å². The molecular weight excluding hydrogens is 234 g/mol. The summed E-state index contributed by atoms with van der Waals surface area (Å²) in [4.78, 5) is 13.3. The van der Waals surface area contributed by atoms with E-state index < -0.39 is 0 Å². The van der Waals surface area contributed by atoms with Gasteiger partial charge in [-0.15, -0.1) is 0 Å². The Kier molecular flexibility index (Phi) is 3.93. The average Bonchev–Trinajstić information content (AvgIpc) is 2.15. The summed E-state index contributed by atoms with van der Waals surface area (Å²) in [5.74, 6) is -0.165. The number of rotatable bonds is 2. The highest BCUT2D eigenvalue weighted by molar-refractivity contribution is 9.11. The molecule has 0 saturated carbocycles. The van der Waals surface area contributed by atoms with Crippen LogP contribution in [-0.4, -0.2) is 37.1 Å². The Labute approximate surface area is 86.9 Å². The molecule has 0 amide bonds. The smallest absolute Gasteiger partial charge is 0.322 e. The molecule has 0 saturated heterocycles. The molecule has 0 fully saturated rings. The van der Waals surface area contributed by atoms with Crippen LogP contribution >= 0.6 is 15.9 Å². The number of esters is 1. The SMILES string of the molecule is COC(=O)C(C)N1CCC=C(Br)C1. The Bertz CT molecular complexity index is 228. The molecule has 0 bridgehead atoms. The molecule has 1 aliphatic heterocycles. The molecule has 0 N–H and O–H groups in total. The molecule has 0 aliphatic carbocycles. The van der Waals surface area contributed by atoms with Gasteiger partial charge < -0.3 is 4.74 Å². The minimum atomic E-state index is -0.165. The summed E-state index contributed by atoms with van der Waals surface area (Å²) in [7, 11) is 1.42. The maximum atomic E-state index is 11.2. The molecule has 0 aromatic rings. The van der Waals surface area contributed by atoms with Gasteiger partial charge >= 0.3 is 5.97 Å². The van der Waals surface area contributed by atoms with E-state index in [-0.39, 0.29) is 12.0 Å². The second-order valence-corrected chi connectivity index (χ2v) is 4.13. The highest BCUT2D eigenvalue weighted by Crippen LogP contribution is 2.17. The molecule has 1 rings (SSSR count). The molecule has 1 heterocycles. The quantitative estimate of drug-likeness (QED) is 0.694. The van der Waals surface area contributed by atoms with Gasteiger partial charge in [0.1, 0.15) is 6.04 Å². The summed E-state index contributed by atoms with van der Waals surface area (Å²) in [6.07, 6.45) is 3.13. The summed E-state index contributed by atoms with van der Waals surface area (Å²) in [6, 6.07) is -0.147. The van der Waals surface area contributed by atoms with Crippen LogP contribution in [0.1, 0.15) is 13.3 Å². The van der Waals surface area contributed by atoms with Gasteiger partial charge in [0.15, 0.2) is 0 Å². The van der Waals surface area contributed by atoms with E-state index in [1.165, 1.54) is 7.11 Å². The third-order valence-corrected chi connectivity index (χ3v) is 2.80. The van der Waals surface area contributed by atoms with E-state index in [2.05, 4.69) is 31.6 Å². The molecule has 0 aromatic heterocycles. The summed E-state index contributed by atoms with van der Waals surface area (Å²) < 4.78 is 5.83. The summed E-state index contributed by atoms with van der Waals surface area (Å²) >= 11 is 3.44. The molecule has 1 aliphatic rings. The van der Waals surface area contributed by atoms with Gasteiger partial charge in [-0.25, -0.2) is 0 Å². The minimum absolute atomic E-state index is 0.147. The Morgan fingerprint density at radius 2 is 2.46 bits per heavy atom. The molecule has 74 valence electrons. The van der Waals surface area contributed by atoms with E-state index in [1.807, 2.05) is 6.92 Å². The van der Waals surface area contributed by atoms with Gasteiger partial charge in [-0.3, -0.25) is 9.69 Å². The number of methoxy groups -OCH3 is 1. The lowest BCUT2D eigenvalue weighted by atomic mass is 10.2. The van der Waals surface area contributed by atoms with Crippen molar-refractivity contribution in [3.05, 3.63) is 10.6 Å². The molecule has 1 unspecified atom stereocenters. The van der Waals surface area contributed by atoms with E-state index >= 15 is 0 Å². The Hall–Kier alpha value is -0.350. The maximum absolute atomic E-state index is 11.2. The predicted octanol–water partition coefficient (Wildman–Crippen LogP) is 1.53. The molecular formula is C9H14BrNO2. The van der Waals surface area contributed by atoms with E-state index in [0.29, 0.717) is 0 Å². The van der Waals surface area contributed by atoms with Crippen molar-refractivity contribution in [1.82, 2.24) is 4.90 Å². The zero-order chi connectivity index (χ0) is 9.84. The van der Waals surface area contributed by atoms with Crippen molar-refractivity contribution in [3.8, 4) is 0 Å². The fourth-order valence-electron chi connectivity index (χ4n) is 1.37. The van der Waals surface area contributed by atoms with Crippen molar-refractivity contribution >= 4 is 21.9 Å². The largest absolute Gasteiger partial charge is 0.468 e. The summed E-state index contributed by atoms with van der Waals surface area (Å²) in [5, 5.41) is 0. The van der Waals surface area contributed by atoms with Crippen LogP contribution in [0.25, 0.3) is 0 Å². The third kappa shape index (κ3) is 2.81. The minimum Gasteiger partial charge on any atom is -0.468 e. The predicted molar refractivity (Wildman–Crippen MR) is 54.7 cm³/mol. The van der Waals surface area contributed by atoms with E-state index in [0.717, 1.165) is 24.0 Å². The van der Waals surface area contributed by atoms with Gasteiger partial charge in [0.25, 0.3) is 0 Å². The zero-order valence-electron chi connectivity index (χ0n) is 7.92. The fraction of sp³-hybridized carbons (Fsp3) is 0.667. The molecule has 4 heteroatoms. The first kappa shape index (κ1) is 10.7. The van der Waals surface area contributed by atoms with Gasteiger partial charge in [0.05, 0.1) is 7.11 Å². The monoisotopic (exact) mass is 247 g/mol. The zero-order valence-corrected chi connectivity index (χ0v) is 9.50. The van der Waals surface area contributed by atoms with Crippen LogP contribution in [0.3, 0.4) is 0 Å². The second-order valence-electron chi connectivity index (χ2n) is 3.11. The number of nitrogens with zero attached hydrogens (tertiary/aromatic N) is 1. The van der Waals surface area contributed by atoms with E-state index in [1.54, 1.807) is 0 Å². The lowest BCUT2D eigenvalue weighted by Gasteiger charge is -2.29. The number of hydrogen-bond donors (Lipinski definition) is 0. The van der Waals surface area contributed by atoms with Gasteiger partial charge in [0, 0.05) is 17.6 Å². The molecule has 0 aromatic carbocycles. The van der Waals surface area contributed by atoms with Crippen LogP contribution in [0.15, 0.2) is 10.6 Å². The van der Waals surface area contributed by atoms with Crippen LogP contribution in [0.2, 0.25) is 0 Å². The van der Waals surface area contributed by atoms with Crippen LogP contribution in [0, 0.1) is 0 Å². The van der Waals surface area contributed by atoms with Gasteiger partial charge in [-0.05, 0) is 13.3 Å². The number of carbonyl (C=O) groups is 1. The first-order valence-electron chi connectivity index (χ1n) is 4.31. The van der Waals surface area contributed by atoms with Gasteiger partial charge in [0.2, 0.25) is 0 Å². The van der Waals surface area contributed by atoms with Crippen molar-refractivity contribution in [3.63, 3.8) is 0 Å². The van der Waals surface area contributed by atoms with Crippen LogP contribution in [0.4, 0.5) is 0 Å². The standard InChI is InChI=1S/C9H14BrNO2/c1-7(9(12)13-2)11-5-3-4-8(10)6-11/h4,7H,3,5-6H2,1-2H3. The summed E-state index contributed by atoms with van der Waals surface area (Å²) in [6.45, 7) is 3.60. The Morgan fingerprint density at radius 3 is 3.00 bits per heavy atom. The lowest BCUT2D eigenvalue weighted by Crippen LogP contribution is -2.42. The fourth-order valence-corrected chi connectivity index (χ4v) is 1.93. The first-order chi connectivity index (χ1) is 6.15. The summed E-state index contributed by atoms with van der Waals surface area (Å²) in [5.41, 5.74) is 0. The van der Waals surface area contributed by atoms with E-state index in [9.17, 15) is 4.79 Å². The second kappa shape index (κ2) is 4.77. The first-order valence-corrected chi connectivity index (χ1v) is 5.11. The topological polar surface area (TPSA) is 29.5 Å². The van der Waals surface area contributed by atoms with Crippen molar-refractivity contribution < 1.29 is 9.53 Å². The van der Waals surface area contributed by atoms with Gasteiger partial charge in [-0.2, -0.15) is 0 Å². The van der Waals surface area contributed by atoms with Crippen molar-refractivity contribution in [2.75, 3.05) is 20.2 Å². The molecule has 0 radical (unpaired) electrons. The molecule has 0 spiro atoms. The number of ether oxygens (including phenoxy) is 1. The molecule has 3 nitrogen and oxygen atoms in total. The highest BCUT2D eigenvalue weighted by Gasteiger charge is 2.23. The molecule has 13 heavy (non-hydrogen) atoms. The van der Waals surface area contributed by atoms with Crippen molar-refractivity contribution in [2.24, 2.45) is 0 Å². The van der Waals surface area contributed by atoms with Crippen molar-refractivity contribution in [1.29, 1.82) is 0 Å².